The monoisotopic (exact) mass is 287 g/mol. The third-order valence-corrected chi connectivity index (χ3v) is 4.55. The summed E-state index contributed by atoms with van der Waals surface area (Å²) in [4.78, 5) is 14.6. The van der Waals surface area contributed by atoms with Crippen molar-refractivity contribution >= 4 is 11.6 Å². The van der Waals surface area contributed by atoms with Crippen LogP contribution in [0.2, 0.25) is 0 Å². The number of nitrogens with zero attached hydrogens (tertiary/aromatic N) is 1. The smallest absolute Gasteiger partial charge is 0.251 e. The van der Waals surface area contributed by atoms with Crippen molar-refractivity contribution in [2.45, 2.75) is 38.1 Å². The van der Waals surface area contributed by atoms with Crippen LogP contribution in [0, 0.1) is 0 Å². The van der Waals surface area contributed by atoms with Gasteiger partial charge in [-0.25, -0.2) is 0 Å². The highest BCUT2D eigenvalue weighted by Crippen LogP contribution is 2.19. The second-order valence-corrected chi connectivity index (χ2v) is 6.09. The summed E-state index contributed by atoms with van der Waals surface area (Å²) in [6, 6.07) is 8.42. The second-order valence-electron chi connectivity index (χ2n) is 6.09. The molecule has 0 bridgehead atoms. The van der Waals surface area contributed by atoms with Crippen LogP contribution in [0.3, 0.4) is 0 Å². The van der Waals surface area contributed by atoms with E-state index < -0.39 is 0 Å². The molecule has 21 heavy (non-hydrogen) atoms. The van der Waals surface area contributed by atoms with E-state index in [1.807, 2.05) is 12.1 Å². The van der Waals surface area contributed by atoms with E-state index in [4.69, 9.17) is 0 Å². The SMILES string of the molecule is O=C(NC1CCCCC1)c1ccc(N2CCNCC2)cc1. The number of amides is 1. The van der Waals surface area contributed by atoms with Crippen LogP contribution in [-0.2, 0) is 0 Å². The van der Waals surface area contributed by atoms with Crippen LogP contribution in [0.25, 0.3) is 0 Å². The summed E-state index contributed by atoms with van der Waals surface area (Å²) < 4.78 is 0. The fourth-order valence-electron chi connectivity index (χ4n) is 3.26. The number of hydrogen-bond donors (Lipinski definition) is 2. The van der Waals surface area contributed by atoms with E-state index in [0.29, 0.717) is 6.04 Å². The van der Waals surface area contributed by atoms with Crippen molar-refractivity contribution in [2.24, 2.45) is 0 Å². The average molecular weight is 287 g/mol. The molecule has 4 heteroatoms. The molecule has 114 valence electrons. The number of carbonyl (C=O) groups excluding carboxylic acids is 1. The average Bonchev–Trinajstić information content (AvgIpc) is 2.57. The van der Waals surface area contributed by atoms with E-state index in [0.717, 1.165) is 44.6 Å². The molecule has 2 fully saturated rings. The molecule has 0 spiro atoms. The lowest BCUT2D eigenvalue weighted by atomic mass is 9.95. The van der Waals surface area contributed by atoms with Crippen LogP contribution in [0.1, 0.15) is 42.5 Å². The molecule has 1 saturated heterocycles. The largest absolute Gasteiger partial charge is 0.369 e. The van der Waals surface area contributed by atoms with Gasteiger partial charge in [0, 0.05) is 43.5 Å². The maximum atomic E-state index is 12.3. The van der Waals surface area contributed by atoms with Gasteiger partial charge in [-0.2, -0.15) is 0 Å². The van der Waals surface area contributed by atoms with Gasteiger partial charge in [0.25, 0.3) is 5.91 Å². The van der Waals surface area contributed by atoms with Crippen LogP contribution < -0.4 is 15.5 Å². The molecule has 1 saturated carbocycles. The van der Waals surface area contributed by atoms with Crippen molar-refractivity contribution in [3.8, 4) is 0 Å². The fraction of sp³-hybridized carbons (Fsp3) is 0.588. The van der Waals surface area contributed by atoms with Gasteiger partial charge in [-0.1, -0.05) is 19.3 Å². The fourth-order valence-corrected chi connectivity index (χ4v) is 3.26. The van der Waals surface area contributed by atoms with Gasteiger partial charge < -0.3 is 15.5 Å². The summed E-state index contributed by atoms with van der Waals surface area (Å²) in [6.45, 7) is 4.13. The minimum atomic E-state index is 0.0776. The maximum absolute atomic E-state index is 12.3. The molecule has 1 aliphatic heterocycles. The number of piperazine rings is 1. The lowest BCUT2D eigenvalue weighted by Crippen LogP contribution is -2.43. The van der Waals surface area contributed by atoms with Crippen molar-refractivity contribution in [1.29, 1.82) is 0 Å². The first-order chi connectivity index (χ1) is 10.3. The van der Waals surface area contributed by atoms with Crippen LogP contribution in [0.5, 0.6) is 0 Å². The molecule has 3 rings (SSSR count). The number of rotatable bonds is 3. The molecule has 0 radical (unpaired) electrons. The van der Waals surface area contributed by atoms with Gasteiger partial charge in [-0.3, -0.25) is 4.79 Å². The van der Waals surface area contributed by atoms with Gasteiger partial charge in [-0.15, -0.1) is 0 Å². The van der Waals surface area contributed by atoms with Crippen molar-refractivity contribution in [2.75, 3.05) is 31.1 Å². The van der Waals surface area contributed by atoms with E-state index in [2.05, 4.69) is 27.7 Å². The van der Waals surface area contributed by atoms with Crippen LogP contribution >= 0.6 is 0 Å². The van der Waals surface area contributed by atoms with Crippen LogP contribution in [-0.4, -0.2) is 38.1 Å². The summed E-state index contributed by atoms with van der Waals surface area (Å²) >= 11 is 0. The zero-order chi connectivity index (χ0) is 14.5. The first-order valence-electron chi connectivity index (χ1n) is 8.19. The lowest BCUT2D eigenvalue weighted by molar-refractivity contribution is 0.0928. The molecule has 0 unspecified atom stereocenters. The maximum Gasteiger partial charge on any atom is 0.251 e. The predicted molar refractivity (Wildman–Crippen MR) is 85.9 cm³/mol. The topological polar surface area (TPSA) is 44.4 Å². The zero-order valence-corrected chi connectivity index (χ0v) is 12.6. The summed E-state index contributed by atoms with van der Waals surface area (Å²) in [5.41, 5.74) is 1.99. The summed E-state index contributed by atoms with van der Waals surface area (Å²) in [5.74, 6) is 0.0776. The van der Waals surface area contributed by atoms with Crippen LogP contribution in [0.15, 0.2) is 24.3 Å². The van der Waals surface area contributed by atoms with Crippen molar-refractivity contribution in [3.63, 3.8) is 0 Å². The number of nitrogens with one attached hydrogen (secondary N) is 2. The summed E-state index contributed by atoms with van der Waals surface area (Å²) in [7, 11) is 0. The molecule has 1 aromatic rings. The van der Waals surface area contributed by atoms with E-state index in [-0.39, 0.29) is 5.91 Å². The van der Waals surface area contributed by atoms with Crippen LogP contribution in [0.4, 0.5) is 5.69 Å². The molecule has 1 amide bonds. The van der Waals surface area contributed by atoms with Crippen molar-refractivity contribution in [1.82, 2.24) is 10.6 Å². The number of benzene rings is 1. The summed E-state index contributed by atoms with van der Waals surface area (Å²) in [5, 5.41) is 6.53. The molecule has 2 aliphatic rings. The highest BCUT2D eigenvalue weighted by atomic mass is 16.1. The Kier molecular flexibility index (Phi) is 4.76. The Hall–Kier alpha value is -1.55. The Labute approximate surface area is 126 Å². The standard InChI is InChI=1S/C17H25N3O/c21-17(19-15-4-2-1-3-5-15)14-6-8-16(9-7-14)20-12-10-18-11-13-20/h6-9,15,18H,1-5,10-13H2,(H,19,21). The number of anilines is 1. The Morgan fingerprint density at radius 1 is 1.05 bits per heavy atom. The molecule has 4 nitrogen and oxygen atoms in total. The molecular formula is C17H25N3O. The molecule has 0 aromatic heterocycles. The van der Waals surface area contributed by atoms with E-state index in [1.54, 1.807) is 0 Å². The minimum absolute atomic E-state index is 0.0776. The second kappa shape index (κ2) is 6.94. The van der Waals surface area contributed by atoms with Gasteiger partial charge in [0.15, 0.2) is 0 Å². The Bertz CT molecular complexity index is 459. The third kappa shape index (κ3) is 3.76. The van der Waals surface area contributed by atoms with Crippen molar-refractivity contribution < 1.29 is 4.79 Å². The molecule has 1 aliphatic carbocycles. The zero-order valence-electron chi connectivity index (χ0n) is 12.6. The van der Waals surface area contributed by atoms with Gasteiger partial charge in [0.05, 0.1) is 0 Å². The molecule has 0 atom stereocenters. The molecule has 2 N–H and O–H groups in total. The highest BCUT2D eigenvalue weighted by molar-refractivity contribution is 5.94. The summed E-state index contributed by atoms with van der Waals surface area (Å²) in [6.07, 6.45) is 6.06. The highest BCUT2D eigenvalue weighted by Gasteiger charge is 2.17. The van der Waals surface area contributed by atoms with Gasteiger partial charge in [-0.05, 0) is 37.1 Å². The molecular weight excluding hydrogens is 262 g/mol. The third-order valence-electron chi connectivity index (χ3n) is 4.55. The quantitative estimate of drug-likeness (QED) is 0.895. The first-order valence-corrected chi connectivity index (χ1v) is 8.19. The Morgan fingerprint density at radius 2 is 1.71 bits per heavy atom. The minimum Gasteiger partial charge on any atom is -0.369 e. The lowest BCUT2D eigenvalue weighted by Gasteiger charge is -2.29. The van der Waals surface area contributed by atoms with E-state index in [9.17, 15) is 4.79 Å². The van der Waals surface area contributed by atoms with E-state index in [1.165, 1.54) is 24.9 Å². The van der Waals surface area contributed by atoms with E-state index >= 15 is 0 Å². The Morgan fingerprint density at radius 3 is 2.38 bits per heavy atom. The van der Waals surface area contributed by atoms with Gasteiger partial charge >= 0.3 is 0 Å². The Balaban J connectivity index is 1.58. The van der Waals surface area contributed by atoms with Crippen molar-refractivity contribution in [3.05, 3.63) is 29.8 Å². The predicted octanol–water partition coefficient (Wildman–Crippen LogP) is 2.16. The number of hydrogen-bond acceptors (Lipinski definition) is 3. The molecule has 1 aromatic carbocycles. The first kappa shape index (κ1) is 14.4. The number of carbonyl (C=O) groups is 1. The molecule has 1 heterocycles. The normalized spacial score (nSPS) is 20.3. The van der Waals surface area contributed by atoms with Gasteiger partial charge in [0.1, 0.15) is 0 Å². The van der Waals surface area contributed by atoms with Gasteiger partial charge in [0.2, 0.25) is 0 Å².